The summed E-state index contributed by atoms with van der Waals surface area (Å²) in [6.45, 7) is -0.125. The Hall–Kier alpha value is -2.46. The lowest BCUT2D eigenvalue weighted by atomic mass is 9.72. The smallest absolute Gasteiger partial charge is 0.411 e. The van der Waals surface area contributed by atoms with E-state index in [1.165, 1.54) is 9.80 Å². The molecule has 172 valence electrons. The minimum absolute atomic E-state index is 0.0626. The van der Waals surface area contributed by atoms with Crippen LogP contribution >= 0.6 is 0 Å². The average Bonchev–Trinajstić information content (AvgIpc) is 2.57. The maximum Gasteiger partial charge on any atom is 0.411 e. The fourth-order valence-corrected chi connectivity index (χ4v) is 3.55. The number of nitrogens with zero attached hydrogens (tertiary/aromatic N) is 2. The van der Waals surface area contributed by atoms with Gasteiger partial charge in [0.2, 0.25) is 5.41 Å². The Kier molecular flexibility index (Phi) is 6.87. The Morgan fingerprint density at radius 3 is 1.23 bits per heavy atom. The summed E-state index contributed by atoms with van der Waals surface area (Å²) < 4.78 is 86.2. The zero-order chi connectivity index (χ0) is 23.8. The highest BCUT2D eigenvalue weighted by molar-refractivity contribution is 5.51. The molecule has 0 amide bonds. The van der Waals surface area contributed by atoms with Crippen LogP contribution < -0.4 is 0 Å². The summed E-state index contributed by atoms with van der Waals surface area (Å²) in [5.74, 6) is -0.815. The van der Waals surface area contributed by atoms with Crippen molar-refractivity contribution in [1.29, 1.82) is 0 Å². The number of hydrogen-bond acceptors (Lipinski definition) is 4. The van der Waals surface area contributed by atoms with Gasteiger partial charge in [0.25, 0.3) is 0 Å². The van der Waals surface area contributed by atoms with E-state index in [0.717, 1.165) is 24.3 Å². The van der Waals surface area contributed by atoms with Crippen LogP contribution in [0.2, 0.25) is 0 Å². The minimum atomic E-state index is -5.76. The van der Waals surface area contributed by atoms with Crippen LogP contribution in [0.3, 0.4) is 0 Å². The summed E-state index contributed by atoms with van der Waals surface area (Å²) in [6, 6.07) is 4.40. The number of phenols is 2. The van der Waals surface area contributed by atoms with Gasteiger partial charge in [-0.3, -0.25) is 0 Å². The highest BCUT2D eigenvalue weighted by atomic mass is 19.4. The first-order valence-corrected chi connectivity index (χ1v) is 9.19. The van der Waals surface area contributed by atoms with E-state index in [2.05, 4.69) is 0 Å². The highest BCUT2D eigenvalue weighted by Gasteiger charge is 2.72. The molecule has 0 aromatic heterocycles. The van der Waals surface area contributed by atoms with Gasteiger partial charge < -0.3 is 20.0 Å². The molecule has 0 saturated carbocycles. The molecule has 0 unspecified atom stereocenters. The lowest BCUT2D eigenvalue weighted by molar-refractivity contribution is -0.288. The van der Waals surface area contributed by atoms with Gasteiger partial charge in [0.05, 0.1) is 0 Å². The van der Waals surface area contributed by atoms with Crippen molar-refractivity contribution in [2.75, 3.05) is 28.2 Å². The van der Waals surface area contributed by atoms with Crippen LogP contribution in [0.5, 0.6) is 11.5 Å². The van der Waals surface area contributed by atoms with E-state index < -0.39 is 40.4 Å². The van der Waals surface area contributed by atoms with Gasteiger partial charge in [-0.05, 0) is 63.6 Å². The normalized spacial score (nSPS) is 13.3. The van der Waals surface area contributed by atoms with Gasteiger partial charge in [-0.15, -0.1) is 0 Å². The van der Waals surface area contributed by atoms with E-state index in [9.17, 15) is 36.6 Å². The van der Waals surface area contributed by atoms with Crippen molar-refractivity contribution in [3.05, 3.63) is 58.7 Å². The summed E-state index contributed by atoms with van der Waals surface area (Å²) >= 11 is 0. The summed E-state index contributed by atoms with van der Waals surface area (Å²) in [5, 5.41) is 20.0. The molecule has 0 atom stereocenters. The molecule has 0 fully saturated rings. The van der Waals surface area contributed by atoms with E-state index >= 15 is 0 Å². The van der Waals surface area contributed by atoms with Crippen LogP contribution in [0.4, 0.5) is 26.3 Å². The summed E-state index contributed by atoms with van der Waals surface area (Å²) in [6.07, 6.45) is -11.5. The van der Waals surface area contributed by atoms with Crippen molar-refractivity contribution in [2.45, 2.75) is 30.9 Å². The standard InChI is InChI=1S/C21H24F6N2O2/c1-28(2)11-13-9-15(5-7-17(13)30)19(20(22,23)24,21(25,26)27)16-6-8-18(31)14(10-16)12-29(3)4/h5-10,30-31H,11-12H2,1-4H3. The minimum Gasteiger partial charge on any atom is -0.508 e. The van der Waals surface area contributed by atoms with E-state index in [0.29, 0.717) is 12.1 Å². The zero-order valence-electron chi connectivity index (χ0n) is 17.4. The van der Waals surface area contributed by atoms with Crippen LogP contribution in [0.25, 0.3) is 0 Å². The van der Waals surface area contributed by atoms with Crippen LogP contribution in [-0.2, 0) is 18.5 Å². The summed E-state index contributed by atoms with van der Waals surface area (Å²) in [4.78, 5) is 3.02. The molecule has 0 aliphatic rings. The molecular weight excluding hydrogens is 426 g/mol. The molecule has 0 heterocycles. The quantitative estimate of drug-likeness (QED) is 0.630. The predicted octanol–water partition coefficient (Wildman–Crippen LogP) is 4.63. The van der Waals surface area contributed by atoms with Gasteiger partial charge in [0.15, 0.2) is 0 Å². The second-order valence-electron chi connectivity index (χ2n) is 7.91. The molecule has 4 nitrogen and oxygen atoms in total. The van der Waals surface area contributed by atoms with E-state index in [1.54, 1.807) is 28.2 Å². The zero-order valence-corrected chi connectivity index (χ0v) is 17.4. The second-order valence-corrected chi connectivity index (χ2v) is 7.91. The van der Waals surface area contributed by atoms with Crippen LogP contribution in [0, 0.1) is 0 Å². The number of rotatable bonds is 6. The molecule has 2 aromatic rings. The highest BCUT2D eigenvalue weighted by Crippen LogP contribution is 2.57. The number of hydrogen-bond donors (Lipinski definition) is 2. The van der Waals surface area contributed by atoms with Crippen molar-refractivity contribution >= 4 is 0 Å². The van der Waals surface area contributed by atoms with Crippen LogP contribution in [0.1, 0.15) is 22.3 Å². The molecule has 10 heteroatoms. The first-order valence-electron chi connectivity index (χ1n) is 9.19. The largest absolute Gasteiger partial charge is 0.508 e. The first-order chi connectivity index (χ1) is 14.1. The molecule has 2 N–H and O–H groups in total. The van der Waals surface area contributed by atoms with Crippen molar-refractivity contribution < 1.29 is 36.6 Å². The van der Waals surface area contributed by atoms with Gasteiger partial charge in [0.1, 0.15) is 11.5 Å². The maximum atomic E-state index is 14.4. The second kappa shape index (κ2) is 8.58. The molecule has 0 aliphatic carbocycles. The van der Waals surface area contributed by atoms with Gasteiger partial charge >= 0.3 is 12.4 Å². The molecule has 0 spiro atoms. The molecule has 0 radical (unpaired) electrons. The van der Waals surface area contributed by atoms with Crippen molar-refractivity contribution in [3.8, 4) is 11.5 Å². The number of phenolic OH excluding ortho intramolecular Hbond substituents is 2. The van der Waals surface area contributed by atoms with Crippen molar-refractivity contribution in [3.63, 3.8) is 0 Å². The lowest BCUT2D eigenvalue weighted by Crippen LogP contribution is -2.54. The predicted molar refractivity (Wildman–Crippen MR) is 104 cm³/mol. The Morgan fingerprint density at radius 2 is 0.968 bits per heavy atom. The van der Waals surface area contributed by atoms with Crippen molar-refractivity contribution in [1.82, 2.24) is 9.80 Å². The Bertz CT molecular complexity index is 848. The molecule has 2 rings (SSSR count). The third-order valence-electron chi connectivity index (χ3n) is 4.85. The third kappa shape index (κ3) is 4.74. The van der Waals surface area contributed by atoms with E-state index in [4.69, 9.17) is 0 Å². The molecule has 0 aliphatic heterocycles. The van der Waals surface area contributed by atoms with Gasteiger partial charge in [-0.2, -0.15) is 26.3 Å². The molecule has 2 aromatic carbocycles. The Morgan fingerprint density at radius 1 is 0.645 bits per heavy atom. The summed E-state index contributed by atoms with van der Waals surface area (Å²) in [7, 11) is 6.28. The molecule has 31 heavy (non-hydrogen) atoms. The van der Waals surface area contributed by atoms with E-state index in [1.807, 2.05) is 0 Å². The van der Waals surface area contributed by atoms with E-state index in [-0.39, 0.29) is 24.2 Å². The first kappa shape index (κ1) is 24.8. The summed E-state index contributed by atoms with van der Waals surface area (Å²) in [5.41, 5.74) is -6.64. The Labute approximate surface area is 176 Å². The fourth-order valence-electron chi connectivity index (χ4n) is 3.55. The van der Waals surface area contributed by atoms with Crippen LogP contribution in [0.15, 0.2) is 36.4 Å². The third-order valence-corrected chi connectivity index (χ3v) is 4.85. The molecule has 0 saturated heterocycles. The monoisotopic (exact) mass is 450 g/mol. The topological polar surface area (TPSA) is 46.9 Å². The number of benzene rings is 2. The number of aromatic hydroxyl groups is 2. The average molecular weight is 450 g/mol. The van der Waals surface area contributed by atoms with Gasteiger partial charge in [-0.25, -0.2) is 0 Å². The van der Waals surface area contributed by atoms with Gasteiger partial charge in [-0.1, -0.05) is 12.1 Å². The molecule has 0 bridgehead atoms. The van der Waals surface area contributed by atoms with Crippen LogP contribution in [-0.4, -0.2) is 60.6 Å². The number of alkyl halides is 6. The number of halogens is 6. The SMILES string of the molecule is CN(C)Cc1cc(C(c2ccc(O)c(CN(C)C)c2)(C(F)(F)F)C(F)(F)F)ccc1O. The molecular formula is C21H24F6N2O2. The Balaban J connectivity index is 2.91. The maximum absolute atomic E-state index is 14.4. The van der Waals surface area contributed by atoms with Crippen molar-refractivity contribution in [2.24, 2.45) is 0 Å². The van der Waals surface area contributed by atoms with Gasteiger partial charge in [0, 0.05) is 24.2 Å². The fraction of sp³-hybridized carbons (Fsp3) is 0.429. The lowest BCUT2D eigenvalue weighted by Gasteiger charge is -2.39.